The van der Waals surface area contributed by atoms with Gasteiger partial charge in [0, 0.05) is 13.0 Å². The fraction of sp³-hybridized carbons (Fsp3) is 0.350. The van der Waals surface area contributed by atoms with Gasteiger partial charge in [-0.1, -0.05) is 30.3 Å². The van der Waals surface area contributed by atoms with Crippen molar-refractivity contribution in [2.45, 2.75) is 25.7 Å². The monoisotopic (exact) mass is 327 g/mol. The highest BCUT2D eigenvalue weighted by atomic mass is 16.5. The molecule has 0 bridgehead atoms. The molecular formula is C20H25NO3. The number of carbonyl (C=O) groups excluding carboxylic acids is 1. The van der Waals surface area contributed by atoms with Crippen molar-refractivity contribution in [2.75, 3.05) is 20.8 Å². The average molecular weight is 327 g/mol. The van der Waals surface area contributed by atoms with Crippen LogP contribution >= 0.6 is 0 Å². The predicted octanol–water partition coefficient (Wildman–Crippen LogP) is 3.39. The Morgan fingerprint density at radius 1 is 1.00 bits per heavy atom. The summed E-state index contributed by atoms with van der Waals surface area (Å²) in [7, 11) is 3.26. The van der Waals surface area contributed by atoms with Gasteiger partial charge in [-0.2, -0.15) is 0 Å². The Morgan fingerprint density at radius 3 is 2.50 bits per heavy atom. The van der Waals surface area contributed by atoms with Crippen LogP contribution in [0.4, 0.5) is 0 Å². The van der Waals surface area contributed by atoms with E-state index in [-0.39, 0.29) is 5.91 Å². The van der Waals surface area contributed by atoms with Crippen LogP contribution in [-0.4, -0.2) is 26.7 Å². The summed E-state index contributed by atoms with van der Waals surface area (Å²) in [5, 5.41) is 2.98. The molecule has 2 aromatic rings. The molecule has 0 saturated carbocycles. The molecule has 0 aromatic heterocycles. The third-order valence-corrected chi connectivity index (χ3v) is 3.92. The zero-order valence-corrected chi connectivity index (χ0v) is 14.4. The molecule has 0 aliphatic heterocycles. The lowest BCUT2D eigenvalue weighted by Crippen LogP contribution is -2.25. The second kappa shape index (κ2) is 9.60. The summed E-state index contributed by atoms with van der Waals surface area (Å²) >= 11 is 0. The van der Waals surface area contributed by atoms with Crippen LogP contribution in [0.2, 0.25) is 0 Å². The maximum absolute atomic E-state index is 12.0. The zero-order chi connectivity index (χ0) is 17.2. The quantitative estimate of drug-likeness (QED) is 0.718. The molecule has 0 aliphatic carbocycles. The van der Waals surface area contributed by atoms with E-state index in [1.54, 1.807) is 14.2 Å². The number of rotatable bonds is 9. The third-order valence-electron chi connectivity index (χ3n) is 3.92. The zero-order valence-electron chi connectivity index (χ0n) is 14.4. The summed E-state index contributed by atoms with van der Waals surface area (Å²) in [4.78, 5) is 12.0. The van der Waals surface area contributed by atoms with Crippen LogP contribution in [0.25, 0.3) is 0 Å². The Balaban J connectivity index is 1.73. The van der Waals surface area contributed by atoms with E-state index in [9.17, 15) is 4.79 Å². The lowest BCUT2D eigenvalue weighted by Gasteiger charge is -2.10. The molecule has 4 heteroatoms. The Labute approximate surface area is 143 Å². The predicted molar refractivity (Wildman–Crippen MR) is 95.6 cm³/mol. The first-order chi connectivity index (χ1) is 11.7. The number of hydrogen-bond donors (Lipinski definition) is 1. The summed E-state index contributed by atoms with van der Waals surface area (Å²) in [6.45, 7) is 0.697. The molecule has 0 atom stereocenters. The number of methoxy groups -OCH3 is 2. The van der Waals surface area contributed by atoms with Crippen molar-refractivity contribution in [3.63, 3.8) is 0 Å². The molecule has 0 fully saturated rings. The number of nitrogens with one attached hydrogen (secondary N) is 1. The minimum atomic E-state index is 0.0629. The Bertz CT molecular complexity index is 641. The summed E-state index contributed by atoms with van der Waals surface area (Å²) in [6.07, 6.45) is 2.99. The van der Waals surface area contributed by atoms with Crippen molar-refractivity contribution in [3.8, 4) is 11.5 Å². The molecule has 0 saturated heterocycles. The van der Waals surface area contributed by atoms with Gasteiger partial charge in [0.1, 0.15) is 11.5 Å². The molecule has 1 N–H and O–H groups in total. The Hall–Kier alpha value is -2.49. The average Bonchev–Trinajstić information content (AvgIpc) is 2.64. The minimum Gasteiger partial charge on any atom is -0.497 e. The number of aryl methyl sites for hydroxylation is 2. The van der Waals surface area contributed by atoms with Gasteiger partial charge in [-0.25, -0.2) is 0 Å². The van der Waals surface area contributed by atoms with Crippen molar-refractivity contribution < 1.29 is 14.3 Å². The van der Waals surface area contributed by atoms with E-state index >= 15 is 0 Å². The second-order valence-electron chi connectivity index (χ2n) is 5.62. The molecular weight excluding hydrogens is 302 g/mol. The maximum atomic E-state index is 12.0. The topological polar surface area (TPSA) is 47.6 Å². The fourth-order valence-electron chi connectivity index (χ4n) is 2.58. The Morgan fingerprint density at radius 2 is 1.79 bits per heavy atom. The number of hydrogen-bond acceptors (Lipinski definition) is 3. The van der Waals surface area contributed by atoms with E-state index < -0.39 is 0 Å². The molecule has 24 heavy (non-hydrogen) atoms. The molecule has 1 amide bonds. The standard InChI is InChI=1S/C20H25NO3/c1-23-18-11-12-19(24-2)17(15-18)10-13-20(22)21-14-6-9-16-7-4-3-5-8-16/h3-5,7-8,11-12,15H,6,9-10,13-14H2,1-2H3,(H,21,22). The molecule has 0 spiro atoms. The molecule has 0 radical (unpaired) electrons. The van der Waals surface area contributed by atoms with Crippen LogP contribution < -0.4 is 14.8 Å². The summed E-state index contributed by atoms with van der Waals surface area (Å²) < 4.78 is 10.6. The van der Waals surface area contributed by atoms with Gasteiger partial charge in [0.2, 0.25) is 5.91 Å². The van der Waals surface area contributed by atoms with E-state index in [4.69, 9.17) is 9.47 Å². The summed E-state index contributed by atoms with van der Waals surface area (Å²) in [5.41, 5.74) is 2.28. The minimum absolute atomic E-state index is 0.0629. The summed E-state index contributed by atoms with van der Waals surface area (Å²) in [5.74, 6) is 1.62. The van der Waals surface area contributed by atoms with Gasteiger partial charge in [-0.3, -0.25) is 4.79 Å². The fourth-order valence-corrected chi connectivity index (χ4v) is 2.58. The normalized spacial score (nSPS) is 10.2. The first-order valence-corrected chi connectivity index (χ1v) is 8.24. The molecule has 2 rings (SSSR count). The molecule has 4 nitrogen and oxygen atoms in total. The summed E-state index contributed by atoms with van der Waals surface area (Å²) in [6, 6.07) is 15.9. The van der Waals surface area contributed by atoms with Gasteiger partial charge in [-0.05, 0) is 48.6 Å². The van der Waals surface area contributed by atoms with Crippen molar-refractivity contribution in [3.05, 3.63) is 59.7 Å². The largest absolute Gasteiger partial charge is 0.497 e. The van der Waals surface area contributed by atoms with E-state index in [0.29, 0.717) is 19.4 Å². The Kier molecular flexibility index (Phi) is 7.15. The van der Waals surface area contributed by atoms with Crippen LogP contribution in [0, 0.1) is 0 Å². The van der Waals surface area contributed by atoms with Crippen molar-refractivity contribution >= 4 is 5.91 Å². The van der Waals surface area contributed by atoms with Crippen LogP contribution in [0.1, 0.15) is 24.0 Å². The van der Waals surface area contributed by atoms with Gasteiger partial charge in [0.05, 0.1) is 14.2 Å². The van der Waals surface area contributed by atoms with E-state index in [0.717, 1.165) is 29.9 Å². The van der Waals surface area contributed by atoms with Crippen LogP contribution in [-0.2, 0) is 17.6 Å². The maximum Gasteiger partial charge on any atom is 0.220 e. The van der Waals surface area contributed by atoms with Gasteiger partial charge >= 0.3 is 0 Å². The molecule has 0 aliphatic rings. The van der Waals surface area contributed by atoms with Gasteiger partial charge in [0.25, 0.3) is 0 Å². The van der Waals surface area contributed by atoms with Crippen molar-refractivity contribution in [2.24, 2.45) is 0 Å². The van der Waals surface area contributed by atoms with Gasteiger partial charge in [-0.15, -0.1) is 0 Å². The first kappa shape index (κ1) is 17.9. The smallest absolute Gasteiger partial charge is 0.220 e. The van der Waals surface area contributed by atoms with Crippen LogP contribution in [0.5, 0.6) is 11.5 Å². The van der Waals surface area contributed by atoms with E-state index in [1.165, 1.54) is 5.56 Å². The lowest BCUT2D eigenvalue weighted by molar-refractivity contribution is -0.121. The lowest BCUT2D eigenvalue weighted by atomic mass is 10.1. The molecule has 128 valence electrons. The first-order valence-electron chi connectivity index (χ1n) is 8.24. The third kappa shape index (κ3) is 5.61. The van der Waals surface area contributed by atoms with Crippen molar-refractivity contribution in [1.29, 1.82) is 0 Å². The molecule has 2 aromatic carbocycles. The van der Waals surface area contributed by atoms with Gasteiger partial charge in [0.15, 0.2) is 0 Å². The highest BCUT2D eigenvalue weighted by Gasteiger charge is 2.08. The number of amides is 1. The molecule has 0 heterocycles. The van der Waals surface area contributed by atoms with Crippen LogP contribution in [0.15, 0.2) is 48.5 Å². The number of benzene rings is 2. The van der Waals surface area contributed by atoms with E-state index in [2.05, 4.69) is 17.4 Å². The van der Waals surface area contributed by atoms with E-state index in [1.807, 2.05) is 36.4 Å². The van der Waals surface area contributed by atoms with Crippen molar-refractivity contribution in [1.82, 2.24) is 5.32 Å². The highest BCUT2D eigenvalue weighted by molar-refractivity contribution is 5.76. The number of ether oxygens (including phenoxy) is 2. The number of carbonyl (C=O) groups is 1. The highest BCUT2D eigenvalue weighted by Crippen LogP contribution is 2.25. The SMILES string of the molecule is COc1ccc(OC)c(CCC(=O)NCCCc2ccccc2)c1. The van der Waals surface area contributed by atoms with Crippen LogP contribution in [0.3, 0.4) is 0 Å². The molecule has 0 unspecified atom stereocenters. The van der Waals surface area contributed by atoms with Gasteiger partial charge < -0.3 is 14.8 Å². The second-order valence-corrected chi connectivity index (χ2v) is 5.62.